The van der Waals surface area contributed by atoms with Crippen LogP contribution in [0.5, 0.6) is 11.5 Å². The molecule has 1 fully saturated rings. The van der Waals surface area contributed by atoms with E-state index in [1.807, 2.05) is 24.3 Å². The molecule has 7 nitrogen and oxygen atoms in total. The lowest BCUT2D eigenvalue weighted by Gasteiger charge is -2.07. The van der Waals surface area contributed by atoms with Crippen molar-refractivity contribution in [3.63, 3.8) is 0 Å². The SMILES string of the molecule is COc1cc(C=CC(=O)NCCc2ccc(C[C@@H]3SC(=O)NC3=O)cc2)ccc1O. The highest BCUT2D eigenvalue weighted by Crippen LogP contribution is 2.26. The summed E-state index contributed by atoms with van der Waals surface area (Å²) >= 11 is 1.02. The second kappa shape index (κ2) is 9.98. The summed E-state index contributed by atoms with van der Waals surface area (Å²) in [5, 5.41) is 14.0. The van der Waals surface area contributed by atoms with Crippen molar-refractivity contribution in [3.05, 3.63) is 65.2 Å². The van der Waals surface area contributed by atoms with Gasteiger partial charge in [-0.25, -0.2) is 0 Å². The third kappa shape index (κ3) is 5.87. The van der Waals surface area contributed by atoms with Gasteiger partial charge in [0.25, 0.3) is 5.24 Å². The topological polar surface area (TPSA) is 105 Å². The fourth-order valence-corrected chi connectivity index (χ4v) is 3.80. The summed E-state index contributed by atoms with van der Waals surface area (Å²) in [6.07, 6.45) is 4.25. The van der Waals surface area contributed by atoms with Crippen LogP contribution in [0, 0.1) is 0 Å². The van der Waals surface area contributed by atoms with Crippen molar-refractivity contribution in [2.75, 3.05) is 13.7 Å². The van der Waals surface area contributed by atoms with E-state index in [9.17, 15) is 19.5 Å². The zero-order chi connectivity index (χ0) is 21.5. The first-order valence-electron chi connectivity index (χ1n) is 9.37. The smallest absolute Gasteiger partial charge is 0.286 e. The Morgan fingerprint density at radius 3 is 2.60 bits per heavy atom. The Labute approximate surface area is 178 Å². The number of imide groups is 1. The number of hydrogen-bond acceptors (Lipinski definition) is 6. The number of phenolic OH excluding ortho intramolecular Hbond substituents is 1. The number of carbonyl (C=O) groups is 3. The van der Waals surface area contributed by atoms with Crippen molar-refractivity contribution in [1.29, 1.82) is 0 Å². The van der Waals surface area contributed by atoms with Gasteiger partial charge in [-0.1, -0.05) is 42.1 Å². The Kier molecular flexibility index (Phi) is 7.13. The number of carbonyl (C=O) groups excluding carboxylic acids is 3. The Bertz CT molecular complexity index is 972. The molecule has 1 atom stereocenters. The quantitative estimate of drug-likeness (QED) is 0.561. The van der Waals surface area contributed by atoms with Gasteiger partial charge in [0.15, 0.2) is 11.5 Å². The molecule has 3 rings (SSSR count). The van der Waals surface area contributed by atoms with Crippen molar-refractivity contribution < 1.29 is 24.2 Å². The molecule has 2 aromatic carbocycles. The van der Waals surface area contributed by atoms with Crippen LogP contribution in [0.25, 0.3) is 6.08 Å². The first kappa shape index (κ1) is 21.4. The number of rotatable bonds is 8. The molecule has 0 aromatic heterocycles. The first-order valence-corrected chi connectivity index (χ1v) is 10.2. The number of aromatic hydroxyl groups is 1. The Morgan fingerprint density at radius 1 is 1.20 bits per heavy atom. The van der Waals surface area contributed by atoms with Crippen LogP contribution in [0.4, 0.5) is 4.79 Å². The summed E-state index contributed by atoms with van der Waals surface area (Å²) in [6.45, 7) is 0.483. The second-order valence-corrected chi connectivity index (χ2v) is 7.88. The number of methoxy groups -OCH3 is 1. The van der Waals surface area contributed by atoms with Gasteiger partial charge in [0.1, 0.15) is 0 Å². The van der Waals surface area contributed by atoms with Crippen molar-refractivity contribution in [1.82, 2.24) is 10.6 Å². The highest BCUT2D eigenvalue weighted by molar-refractivity contribution is 8.15. The Balaban J connectivity index is 1.44. The predicted molar refractivity (Wildman–Crippen MR) is 115 cm³/mol. The van der Waals surface area contributed by atoms with Crippen LogP contribution < -0.4 is 15.4 Å². The summed E-state index contributed by atoms with van der Waals surface area (Å²) in [6, 6.07) is 12.6. The van der Waals surface area contributed by atoms with Gasteiger partial charge in [0.05, 0.1) is 12.4 Å². The Hall–Kier alpha value is -3.26. The zero-order valence-electron chi connectivity index (χ0n) is 16.4. The van der Waals surface area contributed by atoms with Crippen LogP contribution in [0.1, 0.15) is 16.7 Å². The standard InChI is InChI=1S/C22H22N2O5S/c1-29-18-12-15(6-8-17(18)25)7-9-20(26)23-11-10-14-2-4-16(5-3-14)13-19-21(27)24-22(28)30-19/h2-9,12,19,25H,10-11,13H2,1H3,(H,23,26)(H,24,27,28)/t19-/m0/s1. The minimum absolute atomic E-state index is 0.0453. The number of benzene rings is 2. The maximum Gasteiger partial charge on any atom is 0.286 e. The summed E-state index contributed by atoms with van der Waals surface area (Å²) in [5.41, 5.74) is 2.79. The molecule has 3 N–H and O–H groups in total. The molecule has 3 amide bonds. The molecule has 0 saturated carbocycles. The molecule has 1 heterocycles. The highest BCUT2D eigenvalue weighted by atomic mass is 32.2. The van der Waals surface area contributed by atoms with E-state index in [1.54, 1.807) is 18.2 Å². The Morgan fingerprint density at radius 2 is 1.93 bits per heavy atom. The van der Waals surface area contributed by atoms with Gasteiger partial charge in [-0.15, -0.1) is 0 Å². The molecule has 1 aliphatic heterocycles. The van der Waals surface area contributed by atoms with Gasteiger partial charge in [-0.3, -0.25) is 19.7 Å². The van der Waals surface area contributed by atoms with Gasteiger partial charge in [0.2, 0.25) is 11.8 Å². The second-order valence-electron chi connectivity index (χ2n) is 6.71. The fourth-order valence-electron chi connectivity index (χ4n) is 2.94. The summed E-state index contributed by atoms with van der Waals surface area (Å²) in [4.78, 5) is 34.8. The molecule has 156 valence electrons. The van der Waals surface area contributed by atoms with Crippen molar-refractivity contribution in [2.24, 2.45) is 0 Å². The number of amides is 3. The van der Waals surface area contributed by atoms with Gasteiger partial charge >= 0.3 is 0 Å². The average Bonchev–Trinajstić information content (AvgIpc) is 3.05. The maximum atomic E-state index is 12.0. The lowest BCUT2D eigenvalue weighted by molar-refractivity contribution is -0.119. The van der Waals surface area contributed by atoms with E-state index in [1.165, 1.54) is 19.3 Å². The minimum Gasteiger partial charge on any atom is -0.504 e. The maximum absolute atomic E-state index is 12.0. The normalized spacial score (nSPS) is 16.0. The van der Waals surface area contributed by atoms with E-state index in [2.05, 4.69) is 10.6 Å². The van der Waals surface area contributed by atoms with Crippen LogP contribution in [-0.4, -0.2) is 41.1 Å². The molecule has 30 heavy (non-hydrogen) atoms. The van der Waals surface area contributed by atoms with Gasteiger partial charge in [0, 0.05) is 12.6 Å². The van der Waals surface area contributed by atoms with Crippen molar-refractivity contribution in [3.8, 4) is 11.5 Å². The lowest BCUT2D eigenvalue weighted by atomic mass is 10.1. The molecular formula is C22H22N2O5S. The molecule has 0 bridgehead atoms. The summed E-state index contributed by atoms with van der Waals surface area (Å²) in [7, 11) is 1.47. The van der Waals surface area contributed by atoms with Crippen LogP contribution in [0.15, 0.2) is 48.5 Å². The minimum atomic E-state index is -0.372. The molecule has 0 spiro atoms. The van der Waals surface area contributed by atoms with E-state index in [4.69, 9.17) is 4.74 Å². The van der Waals surface area contributed by atoms with E-state index < -0.39 is 0 Å². The lowest BCUT2D eigenvalue weighted by Crippen LogP contribution is -2.25. The molecule has 1 saturated heterocycles. The van der Waals surface area contributed by atoms with Crippen LogP contribution >= 0.6 is 11.8 Å². The summed E-state index contributed by atoms with van der Waals surface area (Å²) in [5.74, 6) is -0.0631. The third-order valence-electron chi connectivity index (χ3n) is 4.55. The number of phenols is 1. The van der Waals surface area contributed by atoms with Gasteiger partial charge in [-0.2, -0.15) is 0 Å². The van der Waals surface area contributed by atoms with E-state index in [0.29, 0.717) is 25.1 Å². The predicted octanol–water partition coefficient (Wildman–Crippen LogP) is 2.67. The molecular weight excluding hydrogens is 404 g/mol. The van der Waals surface area contributed by atoms with Crippen LogP contribution in [0.3, 0.4) is 0 Å². The number of thioether (sulfide) groups is 1. The fraction of sp³-hybridized carbons (Fsp3) is 0.227. The van der Waals surface area contributed by atoms with Crippen LogP contribution in [0.2, 0.25) is 0 Å². The van der Waals surface area contributed by atoms with E-state index in [-0.39, 0.29) is 28.1 Å². The molecule has 1 aliphatic rings. The molecule has 8 heteroatoms. The molecule has 0 aliphatic carbocycles. The monoisotopic (exact) mass is 426 g/mol. The first-order chi connectivity index (χ1) is 14.4. The summed E-state index contributed by atoms with van der Waals surface area (Å²) < 4.78 is 5.04. The van der Waals surface area contributed by atoms with Crippen LogP contribution in [-0.2, 0) is 22.4 Å². The highest BCUT2D eigenvalue weighted by Gasteiger charge is 2.31. The number of hydrogen-bond donors (Lipinski definition) is 3. The largest absolute Gasteiger partial charge is 0.504 e. The number of nitrogens with one attached hydrogen (secondary N) is 2. The van der Waals surface area contributed by atoms with E-state index in [0.717, 1.165) is 28.5 Å². The third-order valence-corrected chi connectivity index (χ3v) is 5.54. The average molecular weight is 426 g/mol. The van der Waals surface area contributed by atoms with E-state index >= 15 is 0 Å². The molecule has 0 unspecified atom stereocenters. The van der Waals surface area contributed by atoms with Crippen molar-refractivity contribution >= 4 is 34.9 Å². The molecule has 0 radical (unpaired) electrons. The number of ether oxygens (including phenoxy) is 1. The van der Waals surface area contributed by atoms with Gasteiger partial charge < -0.3 is 15.2 Å². The molecule has 2 aromatic rings. The zero-order valence-corrected chi connectivity index (χ0v) is 17.2. The van der Waals surface area contributed by atoms with Crippen molar-refractivity contribution in [2.45, 2.75) is 18.1 Å². The van der Waals surface area contributed by atoms with Gasteiger partial charge in [-0.05, 0) is 47.7 Å².